The Morgan fingerprint density at radius 3 is 2.14 bits per heavy atom. The van der Waals surface area contributed by atoms with Gasteiger partial charge in [0.05, 0.1) is 5.92 Å². The average Bonchev–Trinajstić information content (AvgIpc) is 2.37. The quantitative estimate of drug-likeness (QED) is 0.466. The number of rotatable bonds is 4. The summed E-state index contributed by atoms with van der Waals surface area (Å²) in [5.74, 6) is -4.92. The molecule has 0 radical (unpaired) electrons. The molecular weight excluding hydrogens is 285 g/mol. The third-order valence-electron chi connectivity index (χ3n) is 3.08. The van der Waals surface area contributed by atoms with Gasteiger partial charge >= 0.3 is 6.03 Å². The van der Waals surface area contributed by atoms with E-state index in [1.54, 1.807) is 0 Å². The first-order valence-corrected chi connectivity index (χ1v) is 5.91. The molecule has 0 bridgehead atoms. The fourth-order valence-corrected chi connectivity index (χ4v) is 2.17. The maximum Gasteiger partial charge on any atom is 0.328 e. The average molecular weight is 295 g/mol. The number of nitro groups is 1. The number of urea groups is 1. The van der Waals surface area contributed by atoms with Gasteiger partial charge in [-0.05, 0) is 17.7 Å². The Balaban J connectivity index is 2.37. The van der Waals surface area contributed by atoms with Gasteiger partial charge in [0.15, 0.2) is 0 Å². The number of halogens is 1. The standard InChI is InChI=1S/C12H10FN3O5/c13-7-3-1-6(2-4-7)8(5-16(20)21)9-10(17)14-12(19)15-11(9)18/h1-4,8-9H,5H2,(H2,14,15,17,18,19). The van der Waals surface area contributed by atoms with Gasteiger partial charge in [-0.25, -0.2) is 9.18 Å². The van der Waals surface area contributed by atoms with Gasteiger partial charge in [0, 0.05) is 4.92 Å². The van der Waals surface area contributed by atoms with E-state index < -0.39 is 47.0 Å². The zero-order valence-corrected chi connectivity index (χ0v) is 10.5. The van der Waals surface area contributed by atoms with Crippen molar-refractivity contribution in [3.63, 3.8) is 0 Å². The van der Waals surface area contributed by atoms with Crippen LogP contribution in [0.3, 0.4) is 0 Å². The van der Waals surface area contributed by atoms with E-state index in [9.17, 15) is 28.9 Å². The Kier molecular flexibility index (Phi) is 3.92. The molecule has 1 unspecified atom stereocenters. The molecule has 1 fully saturated rings. The second-order valence-corrected chi connectivity index (χ2v) is 4.46. The third-order valence-corrected chi connectivity index (χ3v) is 3.08. The Bertz CT molecular complexity index is 596. The van der Waals surface area contributed by atoms with E-state index in [1.807, 2.05) is 10.6 Å². The van der Waals surface area contributed by atoms with Crippen molar-refractivity contribution in [3.8, 4) is 0 Å². The number of imide groups is 2. The zero-order valence-electron chi connectivity index (χ0n) is 10.5. The Morgan fingerprint density at radius 1 is 1.14 bits per heavy atom. The van der Waals surface area contributed by atoms with Crippen LogP contribution in [0.2, 0.25) is 0 Å². The number of hydrogen-bond donors (Lipinski definition) is 2. The number of hydrogen-bond acceptors (Lipinski definition) is 5. The monoisotopic (exact) mass is 295 g/mol. The summed E-state index contributed by atoms with van der Waals surface area (Å²) in [5.41, 5.74) is 0.262. The van der Waals surface area contributed by atoms with E-state index in [0.717, 1.165) is 12.1 Å². The topological polar surface area (TPSA) is 118 Å². The van der Waals surface area contributed by atoms with Gasteiger partial charge in [0.1, 0.15) is 11.7 Å². The summed E-state index contributed by atoms with van der Waals surface area (Å²) in [4.78, 5) is 44.7. The highest BCUT2D eigenvalue weighted by atomic mass is 19.1. The van der Waals surface area contributed by atoms with Gasteiger partial charge in [-0.3, -0.25) is 30.3 Å². The maximum atomic E-state index is 12.9. The number of nitrogens with one attached hydrogen (secondary N) is 2. The second-order valence-electron chi connectivity index (χ2n) is 4.46. The van der Waals surface area contributed by atoms with Crippen LogP contribution in [-0.2, 0) is 9.59 Å². The summed E-state index contributed by atoms with van der Waals surface area (Å²) in [7, 11) is 0. The molecule has 4 amide bonds. The fraction of sp³-hybridized carbons (Fsp3) is 0.250. The van der Waals surface area contributed by atoms with Crippen LogP contribution in [0.5, 0.6) is 0 Å². The summed E-state index contributed by atoms with van der Waals surface area (Å²) in [6.45, 7) is -0.703. The van der Waals surface area contributed by atoms with E-state index in [2.05, 4.69) is 0 Å². The minimum Gasteiger partial charge on any atom is -0.277 e. The molecule has 1 aromatic carbocycles. The van der Waals surface area contributed by atoms with E-state index in [4.69, 9.17) is 0 Å². The van der Waals surface area contributed by atoms with Crippen LogP contribution in [-0.4, -0.2) is 29.3 Å². The molecule has 0 spiro atoms. The molecule has 1 atom stereocenters. The Morgan fingerprint density at radius 2 is 1.67 bits per heavy atom. The molecule has 1 heterocycles. The van der Waals surface area contributed by atoms with E-state index in [-0.39, 0.29) is 5.56 Å². The fourth-order valence-electron chi connectivity index (χ4n) is 2.17. The van der Waals surface area contributed by atoms with E-state index in [0.29, 0.717) is 0 Å². The smallest absolute Gasteiger partial charge is 0.277 e. The Labute approximate surface area is 117 Å². The zero-order chi connectivity index (χ0) is 15.6. The highest BCUT2D eigenvalue weighted by Gasteiger charge is 2.43. The molecule has 0 aliphatic carbocycles. The van der Waals surface area contributed by atoms with Crippen molar-refractivity contribution < 1.29 is 23.7 Å². The van der Waals surface area contributed by atoms with Crippen molar-refractivity contribution in [1.29, 1.82) is 0 Å². The van der Waals surface area contributed by atoms with Crippen LogP contribution < -0.4 is 10.6 Å². The molecular formula is C12H10FN3O5. The summed E-state index contributed by atoms with van der Waals surface area (Å²) in [5, 5.41) is 14.5. The number of benzene rings is 1. The number of carbonyl (C=O) groups excluding carboxylic acids is 3. The lowest BCUT2D eigenvalue weighted by Gasteiger charge is -2.26. The van der Waals surface area contributed by atoms with Crippen molar-refractivity contribution in [3.05, 3.63) is 45.8 Å². The number of amides is 4. The van der Waals surface area contributed by atoms with Crippen molar-refractivity contribution >= 4 is 17.8 Å². The number of nitrogens with zero attached hydrogens (tertiary/aromatic N) is 1. The van der Waals surface area contributed by atoms with E-state index in [1.165, 1.54) is 12.1 Å². The van der Waals surface area contributed by atoms with Gasteiger partial charge in [-0.15, -0.1) is 0 Å². The largest absolute Gasteiger partial charge is 0.328 e. The van der Waals surface area contributed by atoms with Crippen LogP contribution in [0.4, 0.5) is 9.18 Å². The molecule has 2 rings (SSSR count). The predicted molar refractivity (Wildman–Crippen MR) is 66.2 cm³/mol. The SMILES string of the molecule is O=C1NC(=O)C(C(C[N+](=O)[O-])c2ccc(F)cc2)C(=O)N1. The first-order chi connectivity index (χ1) is 9.88. The highest BCUT2D eigenvalue weighted by molar-refractivity contribution is 6.16. The van der Waals surface area contributed by atoms with Crippen molar-refractivity contribution in [2.24, 2.45) is 5.92 Å². The molecule has 0 aromatic heterocycles. The minimum atomic E-state index is -1.43. The maximum absolute atomic E-state index is 12.9. The summed E-state index contributed by atoms with van der Waals surface area (Å²) in [6, 6.07) is 3.71. The molecule has 0 saturated carbocycles. The molecule has 1 aliphatic heterocycles. The van der Waals surface area contributed by atoms with Crippen molar-refractivity contribution in [1.82, 2.24) is 10.6 Å². The normalized spacial score (nSPS) is 17.1. The van der Waals surface area contributed by atoms with Crippen LogP contribution >= 0.6 is 0 Å². The van der Waals surface area contributed by atoms with Crippen LogP contribution in [0.1, 0.15) is 11.5 Å². The van der Waals surface area contributed by atoms with Gasteiger partial charge in [-0.1, -0.05) is 12.1 Å². The molecule has 21 heavy (non-hydrogen) atoms. The molecule has 1 aromatic rings. The van der Waals surface area contributed by atoms with Crippen LogP contribution in [0, 0.1) is 21.8 Å². The first kappa shape index (κ1) is 14.6. The molecule has 9 heteroatoms. The van der Waals surface area contributed by atoms with Crippen molar-refractivity contribution in [2.75, 3.05) is 6.54 Å². The lowest BCUT2D eigenvalue weighted by molar-refractivity contribution is -0.484. The lowest BCUT2D eigenvalue weighted by atomic mass is 9.84. The van der Waals surface area contributed by atoms with Crippen LogP contribution in [0.15, 0.2) is 24.3 Å². The number of carbonyl (C=O) groups is 3. The number of barbiturate groups is 1. The van der Waals surface area contributed by atoms with Gasteiger partial charge in [-0.2, -0.15) is 0 Å². The Hall–Kier alpha value is -2.84. The minimum absolute atomic E-state index is 0.262. The molecule has 1 aliphatic rings. The van der Waals surface area contributed by atoms with Crippen LogP contribution in [0.25, 0.3) is 0 Å². The molecule has 1 saturated heterocycles. The van der Waals surface area contributed by atoms with Crippen molar-refractivity contribution in [2.45, 2.75) is 5.92 Å². The van der Waals surface area contributed by atoms with Gasteiger partial charge in [0.2, 0.25) is 18.4 Å². The molecule has 8 nitrogen and oxygen atoms in total. The summed E-state index contributed by atoms with van der Waals surface area (Å²) in [6.07, 6.45) is 0. The van der Waals surface area contributed by atoms with Gasteiger partial charge < -0.3 is 0 Å². The summed E-state index contributed by atoms with van der Waals surface area (Å²) < 4.78 is 12.9. The third kappa shape index (κ3) is 3.19. The molecule has 2 N–H and O–H groups in total. The predicted octanol–water partition coefficient (Wildman–Crippen LogP) is 0.168. The van der Waals surface area contributed by atoms with E-state index >= 15 is 0 Å². The second kappa shape index (κ2) is 5.65. The lowest BCUT2D eigenvalue weighted by Crippen LogP contribution is -2.57. The van der Waals surface area contributed by atoms with Gasteiger partial charge in [0.25, 0.3) is 0 Å². The summed E-state index contributed by atoms with van der Waals surface area (Å²) >= 11 is 0. The highest BCUT2D eigenvalue weighted by Crippen LogP contribution is 2.27. The molecule has 110 valence electrons. The first-order valence-electron chi connectivity index (χ1n) is 5.91.